The summed E-state index contributed by atoms with van der Waals surface area (Å²) in [6, 6.07) is 4.08. The molecule has 70 heavy (non-hydrogen) atoms. The summed E-state index contributed by atoms with van der Waals surface area (Å²) in [4.78, 5) is 113. The van der Waals surface area contributed by atoms with Gasteiger partial charge in [0.25, 0.3) is 0 Å². The molecular formula is C52H68O18. The fourth-order valence-corrected chi connectivity index (χ4v) is 9.26. The first-order valence-electron chi connectivity index (χ1n) is 24.8. The minimum atomic E-state index is -0.802. The van der Waals surface area contributed by atoms with E-state index in [0.717, 1.165) is 12.2 Å². The number of benzene rings is 1. The molecule has 4 aliphatic rings. The van der Waals surface area contributed by atoms with Gasteiger partial charge < -0.3 is 42.6 Å². The number of methoxy groups -OCH3 is 1. The Kier molecular flexibility index (Phi) is 22.4. The van der Waals surface area contributed by atoms with Crippen LogP contribution in [-0.2, 0) is 71.5 Å². The minimum absolute atomic E-state index is 0.0580. The van der Waals surface area contributed by atoms with Gasteiger partial charge in [0, 0.05) is 12.2 Å². The number of hydrogen-bond donors (Lipinski definition) is 0. The molecule has 0 bridgehead atoms. The monoisotopic (exact) mass is 980 g/mol. The minimum Gasteiger partial charge on any atom is -0.465 e. The van der Waals surface area contributed by atoms with Crippen molar-refractivity contribution >= 4 is 53.7 Å². The first-order valence-corrected chi connectivity index (χ1v) is 24.8. The standard InChI is InChI=1S/C52H68O18/c1-4-44(53)63-28-6-8-30-65-46(55)33-18-22-39(23-19-33)67-48(57)35-10-12-37(13-11-35)50(59)69-41-26-27-43(42(32-41)52(61)62-3)70-51(60)38-16-14-36(15-17-38)49(58)68-40-24-20-34(21-25-40)47(56)66-31-9-7-29-64-45(54)5-2/h4-5,26-27,32-40H,1-2,6-25,28-31H2,3H3. The molecule has 5 rings (SSSR count). The van der Waals surface area contributed by atoms with Gasteiger partial charge >= 0.3 is 53.7 Å². The highest BCUT2D eigenvalue weighted by Gasteiger charge is 2.37. The number of unbranched alkanes of at least 4 members (excludes halogenated alkanes) is 2. The van der Waals surface area contributed by atoms with E-state index in [-0.39, 0.29) is 103 Å². The van der Waals surface area contributed by atoms with Gasteiger partial charge in [-0.15, -0.1) is 0 Å². The maximum atomic E-state index is 13.3. The summed E-state index contributed by atoms with van der Waals surface area (Å²) in [7, 11) is 1.18. The van der Waals surface area contributed by atoms with Crippen molar-refractivity contribution in [3.05, 3.63) is 49.1 Å². The van der Waals surface area contributed by atoms with Crippen LogP contribution >= 0.6 is 0 Å². The zero-order chi connectivity index (χ0) is 50.4. The average Bonchev–Trinajstić information content (AvgIpc) is 3.38. The Balaban J connectivity index is 0.969. The van der Waals surface area contributed by atoms with Crippen molar-refractivity contribution in [3.63, 3.8) is 0 Å². The highest BCUT2D eigenvalue weighted by Crippen LogP contribution is 2.36. The molecule has 0 unspecified atom stereocenters. The van der Waals surface area contributed by atoms with Crippen molar-refractivity contribution in [1.29, 1.82) is 0 Å². The molecule has 0 aromatic heterocycles. The molecule has 0 N–H and O–H groups in total. The molecule has 0 atom stereocenters. The molecule has 0 spiro atoms. The first-order chi connectivity index (χ1) is 33.8. The van der Waals surface area contributed by atoms with Gasteiger partial charge in [0.15, 0.2) is 0 Å². The highest BCUT2D eigenvalue weighted by molar-refractivity contribution is 5.94. The summed E-state index contributed by atoms with van der Waals surface area (Å²) in [5.74, 6) is -6.38. The molecule has 1 aromatic rings. The van der Waals surface area contributed by atoms with Gasteiger partial charge in [-0.05, 0) is 147 Å². The lowest BCUT2D eigenvalue weighted by Crippen LogP contribution is -2.33. The predicted octanol–water partition coefficient (Wildman–Crippen LogP) is 7.21. The Morgan fingerprint density at radius 2 is 0.800 bits per heavy atom. The van der Waals surface area contributed by atoms with Crippen LogP contribution in [0.1, 0.15) is 139 Å². The molecule has 18 nitrogen and oxygen atoms in total. The second-order valence-corrected chi connectivity index (χ2v) is 18.4. The van der Waals surface area contributed by atoms with Crippen LogP contribution in [0, 0.1) is 35.5 Å². The van der Waals surface area contributed by atoms with E-state index in [0.29, 0.717) is 128 Å². The fourth-order valence-electron chi connectivity index (χ4n) is 9.26. The van der Waals surface area contributed by atoms with Gasteiger partial charge in [-0.3, -0.25) is 28.8 Å². The fraction of sp³-hybridized carbons (Fsp3) is 0.635. The molecule has 0 aliphatic heterocycles. The Bertz CT molecular complexity index is 1990. The largest absolute Gasteiger partial charge is 0.465 e. The van der Waals surface area contributed by atoms with E-state index < -0.39 is 41.7 Å². The molecule has 1 aromatic carbocycles. The lowest BCUT2D eigenvalue weighted by molar-refractivity contribution is -0.161. The molecule has 4 fully saturated rings. The van der Waals surface area contributed by atoms with Crippen LogP contribution in [0.4, 0.5) is 0 Å². The Hall–Kier alpha value is -6.07. The van der Waals surface area contributed by atoms with E-state index in [1.165, 1.54) is 25.3 Å². The van der Waals surface area contributed by atoms with Crippen molar-refractivity contribution in [2.75, 3.05) is 33.5 Å². The molecule has 4 aliphatic carbocycles. The van der Waals surface area contributed by atoms with Crippen molar-refractivity contribution in [3.8, 4) is 11.5 Å². The number of esters is 9. The van der Waals surface area contributed by atoms with Crippen LogP contribution in [0.15, 0.2) is 43.5 Å². The predicted molar refractivity (Wildman–Crippen MR) is 246 cm³/mol. The summed E-state index contributed by atoms with van der Waals surface area (Å²) < 4.78 is 48.5. The number of carbonyl (C=O) groups excluding carboxylic acids is 9. The normalized spacial score (nSPS) is 24.2. The van der Waals surface area contributed by atoms with E-state index in [1.807, 2.05) is 0 Å². The zero-order valence-corrected chi connectivity index (χ0v) is 40.2. The number of rotatable bonds is 23. The topological polar surface area (TPSA) is 237 Å². The number of ether oxygens (including phenoxy) is 9. The van der Waals surface area contributed by atoms with Gasteiger partial charge in [0.1, 0.15) is 29.3 Å². The zero-order valence-electron chi connectivity index (χ0n) is 40.2. The second-order valence-electron chi connectivity index (χ2n) is 18.4. The molecule has 0 amide bonds. The number of carbonyl (C=O) groups is 9. The van der Waals surface area contributed by atoms with Crippen molar-refractivity contribution in [1.82, 2.24) is 0 Å². The van der Waals surface area contributed by atoms with Crippen molar-refractivity contribution in [2.24, 2.45) is 35.5 Å². The van der Waals surface area contributed by atoms with E-state index in [9.17, 15) is 43.2 Å². The van der Waals surface area contributed by atoms with Gasteiger partial charge in [-0.1, -0.05) is 13.2 Å². The lowest BCUT2D eigenvalue weighted by Gasteiger charge is -2.30. The third-order valence-corrected chi connectivity index (χ3v) is 13.5. The van der Waals surface area contributed by atoms with Gasteiger partial charge in [0.05, 0.1) is 69.0 Å². The quantitative estimate of drug-likeness (QED) is 0.0346. The molecule has 0 radical (unpaired) electrons. The van der Waals surface area contributed by atoms with Crippen LogP contribution in [0.5, 0.6) is 11.5 Å². The summed E-state index contributed by atoms with van der Waals surface area (Å²) in [5, 5.41) is 0. The summed E-state index contributed by atoms with van der Waals surface area (Å²) in [6.45, 7) is 7.60. The Morgan fingerprint density at radius 3 is 1.19 bits per heavy atom. The molecular weight excluding hydrogens is 913 g/mol. The molecule has 384 valence electrons. The van der Waals surface area contributed by atoms with Crippen LogP contribution < -0.4 is 9.47 Å². The SMILES string of the molecule is C=CC(=O)OCCCCOC(=O)C1CCC(OC(=O)C2CCC(C(=O)Oc3ccc(OC(=O)C4CCC(C(=O)OC5CCC(C(=O)OCCCCOC(=O)C=C)CC5)CC4)c(C(=O)OC)c3)CC2)CC1. The maximum Gasteiger partial charge on any atom is 0.341 e. The van der Waals surface area contributed by atoms with E-state index in [1.54, 1.807) is 0 Å². The number of hydrogen-bond acceptors (Lipinski definition) is 18. The van der Waals surface area contributed by atoms with Crippen LogP contribution in [0.25, 0.3) is 0 Å². The van der Waals surface area contributed by atoms with Crippen LogP contribution in [-0.4, -0.2) is 99.5 Å². The van der Waals surface area contributed by atoms with Crippen molar-refractivity contribution in [2.45, 2.75) is 141 Å². The Morgan fingerprint density at radius 1 is 0.457 bits per heavy atom. The average molecular weight is 981 g/mol. The Labute approximate surface area is 408 Å². The van der Waals surface area contributed by atoms with E-state index >= 15 is 0 Å². The molecule has 4 saturated carbocycles. The summed E-state index contributed by atoms with van der Waals surface area (Å²) >= 11 is 0. The first kappa shape index (κ1) is 54.9. The van der Waals surface area contributed by atoms with Gasteiger partial charge in [-0.2, -0.15) is 0 Å². The van der Waals surface area contributed by atoms with Crippen LogP contribution in [0.2, 0.25) is 0 Å². The summed E-state index contributed by atoms with van der Waals surface area (Å²) in [5.41, 5.74) is -0.108. The van der Waals surface area contributed by atoms with Crippen molar-refractivity contribution < 1.29 is 85.8 Å². The molecule has 18 heteroatoms. The van der Waals surface area contributed by atoms with E-state index in [4.69, 9.17) is 42.6 Å². The molecule has 0 saturated heterocycles. The van der Waals surface area contributed by atoms with E-state index in [2.05, 4.69) is 13.2 Å². The van der Waals surface area contributed by atoms with Gasteiger partial charge in [0.2, 0.25) is 0 Å². The third kappa shape index (κ3) is 17.4. The van der Waals surface area contributed by atoms with Gasteiger partial charge in [-0.25, -0.2) is 14.4 Å². The summed E-state index contributed by atoms with van der Waals surface area (Å²) in [6.07, 6.45) is 11.4. The highest BCUT2D eigenvalue weighted by atomic mass is 16.6. The second kappa shape index (κ2) is 28.6. The lowest BCUT2D eigenvalue weighted by atomic mass is 9.82. The van der Waals surface area contributed by atoms with Crippen LogP contribution in [0.3, 0.4) is 0 Å². The third-order valence-electron chi connectivity index (χ3n) is 13.5. The maximum absolute atomic E-state index is 13.3. The smallest absolute Gasteiger partial charge is 0.341 e. The molecule has 0 heterocycles.